The maximum absolute atomic E-state index is 13.2. The van der Waals surface area contributed by atoms with Crippen LogP contribution in [0.25, 0.3) is 27.8 Å². The second-order valence-corrected chi connectivity index (χ2v) is 13.8. The van der Waals surface area contributed by atoms with E-state index in [1.807, 2.05) is 42.5 Å². The molecule has 0 aliphatic heterocycles. The normalized spacial score (nSPS) is 12.6. The van der Waals surface area contributed by atoms with Crippen molar-refractivity contribution in [3.05, 3.63) is 96.6 Å². The molecule has 0 fully saturated rings. The van der Waals surface area contributed by atoms with Gasteiger partial charge in [-0.15, -0.1) is 15.0 Å². The molecule has 1 heterocycles. The number of fused-ring (bicyclic) bond motifs is 1. The lowest BCUT2D eigenvalue weighted by Crippen LogP contribution is -2.25. The van der Waals surface area contributed by atoms with E-state index in [1.165, 1.54) is 10.9 Å². The minimum atomic E-state index is -3.71. The van der Waals surface area contributed by atoms with Crippen LogP contribution >= 0.6 is 0 Å². The second kappa shape index (κ2) is 9.65. The Morgan fingerprint density at radius 2 is 1.36 bits per heavy atom. The van der Waals surface area contributed by atoms with Crippen LogP contribution in [-0.4, -0.2) is 28.5 Å². The molecule has 0 spiro atoms. The predicted molar refractivity (Wildman–Crippen MR) is 155 cm³/mol. The summed E-state index contributed by atoms with van der Waals surface area (Å²) in [4.78, 5) is 1.76. The fourth-order valence-electron chi connectivity index (χ4n) is 5.33. The van der Waals surface area contributed by atoms with Crippen molar-refractivity contribution in [1.82, 2.24) is 15.0 Å². The van der Waals surface area contributed by atoms with Gasteiger partial charge < -0.3 is 5.11 Å². The van der Waals surface area contributed by atoms with Crippen LogP contribution in [0.15, 0.2) is 101 Å². The summed E-state index contributed by atoms with van der Waals surface area (Å²) >= 11 is 0. The highest BCUT2D eigenvalue weighted by molar-refractivity contribution is 7.91. The van der Waals surface area contributed by atoms with Gasteiger partial charge in [0.15, 0.2) is 5.75 Å². The maximum Gasteiger partial charge on any atom is 0.206 e. The molecule has 0 bridgehead atoms. The van der Waals surface area contributed by atoms with Gasteiger partial charge >= 0.3 is 0 Å². The number of hydrogen-bond acceptors (Lipinski definition) is 5. The summed E-state index contributed by atoms with van der Waals surface area (Å²) in [6.07, 6.45) is 0.924. The van der Waals surface area contributed by atoms with Gasteiger partial charge in [0.2, 0.25) is 9.84 Å². The zero-order valence-corrected chi connectivity index (χ0v) is 23.7. The third-order valence-electron chi connectivity index (χ3n) is 6.86. The monoisotopic (exact) mass is 539 g/mol. The van der Waals surface area contributed by atoms with Crippen molar-refractivity contribution >= 4 is 20.9 Å². The van der Waals surface area contributed by atoms with Crippen LogP contribution in [0.5, 0.6) is 5.75 Å². The first-order valence-electron chi connectivity index (χ1n) is 13.0. The molecule has 0 radical (unpaired) electrons. The Bertz CT molecular complexity index is 1750. The summed E-state index contributed by atoms with van der Waals surface area (Å²) in [7, 11) is -3.71. The van der Waals surface area contributed by atoms with Gasteiger partial charge in [-0.3, -0.25) is 0 Å². The van der Waals surface area contributed by atoms with Crippen molar-refractivity contribution in [3.8, 4) is 22.6 Å². The number of rotatable bonds is 6. The third kappa shape index (κ3) is 5.32. The summed E-state index contributed by atoms with van der Waals surface area (Å²) in [5.41, 5.74) is 3.92. The molecule has 5 aromatic rings. The fourth-order valence-corrected chi connectivity index (χ4v) is 6.63. The number of aromatic hydroxyl groups is 1. The lowest BCUT2D eigenvalue weighted by atomic mass is 9.72. The van der Waals surface area contributed by atoms with Gasteiger partial charge in [0.1, 0.15) is 16.7 Å². The first kappa shape index (κ1) is 26.6. The van der Waals surface area contributed by atoms with E-state index in [0.29, 0.717) is 22.3 Å². The fraction of sp³-hybridized carbons (Fsp3) is 0.250. The van der Waals surface area contributed by atoms with Crippen molar-refractivity contribution in [1.29, 1.82) is 0 Å². The van der Waals surface area contributed by atoms with Gasteiger partial charge in [0, 0.05) is 5.56 Å². The van der Waals surface area contributed by atoms with Gasteiger partial charge in [-0.2, -0.15) is 0 Å². The van der Waals surface area contributed by atoms with E-state index in [-0.39, 0.29) is 26.4 Å². The summed E-state index contributed by atoms with van der Waals surface area (Å²) in [5.74, 6) is 0.0638. The van der Waals surface area contributed by atoms with E-state index in [9.17, 15) is 13.5 Å². The first-order valence-corrected chi connectivity index (χ1v) is 14.4. The lowest BCUT2D eigenvalue weighted by Gasteiger charge is -2.33. The summed E-state index contributed by atoms with van der Waals surface area (Å²) < 4.78 is 26.4. The molecule has 0 unspecified atom stereocenters. The minimum Gasteiger partial charge on any atom is -0.505 e. The number of sulfone groups is 1. The van der Waals surface area contributed by atoms with Crippen LogP contribution in [0.4, 0.5) is 0 Å². The second-order valence-electron chi connectivity index (χ2n) is 11.8. The Hall–Kier alpha value is -3.97. The SMILES string of the molecule is CC(C)(C)CC(C)(C)c1cc(-c2ccccc2)c(O)c(-n2nc3ccc(S(=O)(=O)c4ccccc4)cc3n2)c1. The highest BCUT2D eigenvalue weighted by Gasteiger charge is 2.30. The smallest absolute Gasteiger partial charge is 0.206 e. The van der Waals surface area contributed by atoms with Crippen LogP contribution in [-0.2, 0) is 15.3 Å². The van der Waals surface area contributed by atoms with E-state index < -0.39 is 9.84 Å². The van der Waals surface area contributed by atoms with Crippen LogP contribution in [0.3, 0.4) is 0 Å². The molecular formula is C32H33N3O3S. The number of aromatic nitrogens is 3. The molecule has 1 aromatic heterocycles. The molecule has 0 saturated carbocycles. The van der Waals surface area contributed by atoms with Crippen molar-refractivity contribution in [2.45, 2.75) is 56.2 Å². The average Bonchev–Trinajstić information content (AvgIpc) is 3.31. The molecule has 6 nitrogen and oxygen atoms in total. The highest BCUT2D eigenvalue weighted by atomic mass is 32.2. The summed E-state index contributed by atoms with van der Waals surface area (Å²) in [5, 5.41) is 20.7. The molecule has 200 valence electrons. The molecule has 0 aliphatic rings. The Labute approximate surface area is 229 Å². The Kier molecular flexibility index (Phi) is 6.59. The number of benzene rings is 4. The third-order valence-corrected chi connectivity index (χ3v) is 8.63. The molecule has 0 atom stereocenters. The number of phenols is 1. The van der Waals surface area contributed by atoms with E-state index >= 15 is 0 Å². The minimum absolute atomic E-state index is 0.0638. The molecule has 0 aliphatic carbocycles. The Morgan fingerprint density at radius 3 is 2.00 bits per heavy atom. The van der Waals surface area contributed by atoms with Gasteiger partial charge in [0.25, 0.3) is 0 Å². The predicted octanol–water partition coefficient (Wildman–Crippen LogP) is 7.34. The van der Waals surface area contributed by atoms with Gasteiger partial charge in [-0.05, 0) is 70.8 Å². The van der Waals surface area contributed by atoms with Crippen molar-refractivity contribution in [3.63, 3.8) is 0 Å². The molecule has 7 heteroatoms. The topological polar surface area (TPSA) is 85.1 Å². The molecule has 5 rings (SSSR count). The van der Waals surface area contributed by atoms with Crippen molar-refractivity contribution in [2.75, 3.05) is 0 Å². The van der Waals surface area contributed by atoms with E-state index in [0.717, 1.165) is 17.5 Å². The van der Waals surface area contributed by atoms with Gasteiger partial charge in [-0.1, -0.05) is 83.1 Å². The quantitative estimate of drug-likeness (QED) is 0.244. The number of phenolic OH excluding ortho intramolecular Hbond substituents is 1. The van der Waals surface area contributed by atoms with Crippen LogP contribution < -0.4 is 0 Å². The maximum atomic E-state index is 13.2. The molecular weight excluding hydrogens is 506 g/mol. The van der Waals surface area contributed by atoms with Crippen molar-refractivity contribution < 1.29 is 13.5 Å². The zero-order chi connectivity index (χ0) is 28.0. The van der Waals surface area contributed by atoms with Crippen LogP contribution in [0.1, 0.15) is 46.6 Å². The average molecular weight is 540 g/mol. The Morgan fingerprint density at radius 1 is 0.744 bits per heavy atom. The largest absolute Gasteiger partial charge is 0.505 e. The number of nitrogens with zero attached hydrogens (tertiary/aromatic N) is 3. The van der Waals surface area contributed by atoms with Crippen molar-refractivity contribution in [2.24, 2.45) is 5.41 Å². The molecule has 39 heavy (non-hydrogen) atoms. The van der Waals surface area contributed by atoms with Crippen LogP contribution in [0, 0.1) is 5.41 Å². The Balaban J connectivity index is 1.67. The summed E-state index contributed by atoms with van der Waals surface area (Å²) in [6, 6.07) is 26.8. The zero-order valence-electron chi connectivity index (χ0n) is 22.9. The standard InChI is InChI=1S/C32H33N3O3S/c1-31(2,3)21-32(4,5)23-18-26(22-12-8-6-9-13-22)30(36)29(19-23)35-33-27-17-16-25(20-28(27)34-35)39(37,38)24-14-10-7-11-15-24/h6-20,36H,21H2,1-5H3. The van der Waals surface area contributed by atoms with E-state index in [4.69, 9.17) is 0 Å². The van der Waals surface area contributed by atoms with Crippen LogP contribution in [0.2, 0.25) is 0 Å². The van der Waals surface area contributed by atoms with Gasteiger partial charge in [0.05, 0.1) is 9.79 Å². The van der Waals surface area contributed by atoms with E-state index in [1.54, 1.807) is 42.5 Å². The van der Waals surface area contributed by atoms with Gasteiger partial charge in [-0.25, -0.2) is 8.42 Å². The molecule has 0 amide bonds. The first-order chi connectivity index (χ1) is 18.3. The molecule has 1 N–H and O–H groups in total. The molecule has 4 aromatic carbocycles. The summed E-state index contributed by atoms with van der Waals surface area (Å²) in [6.45, 7) is 11.1. The highest BCUT2D eigenvalue weighted by Crippen LogP contribution is 2.42. The lowest BCUT2D eigenvalue weighted by molar-refractivity contribution is 0.284. The number of hydrogen-bond donors (Lipinski definition) is 1. The molecule has 0 saturated heterocycles. The van der Waals surface area contributed by atoms with E-state index in [2.05, 4.69) is 44.8 Å².